The lowest BCUT2D eigenvalue weighted by molar-refractivity contribution is 0.358. The fourth-order valence-electron chi connectivity index (χ4n) is 0.896. The first kappa shape index (κ1) is 13.8. The van der Waals surface area contributed by atoms with Gasteiger partial charge in [-0.1, -0.05) is 6.92 Å². The summed E-state index contributed by atoms with van der Waals surface area (Å²) in [5, 5.41) is 0. The Balaban J connectivity index is 3.66. The summed E-state index contributed by atoms with van der Waals surface area (Å²) in [6.07, 6.45) is 0.513. The van der Waals surface area contributed by atoms with Crippen LogP contribution in [0.1, 0.15) is 13.3 Å². The Morgan fingerprint density at radius 1 is 1.43 bits per heavy atom. The van der Waals surface area contributed by atoms with Gasteiger partial charge in [-0.25, -0.2) is 13.1 Å². The molecule has 0 aromatic rings. The van der Waals surface area contributed by atoms with Crippen molar-refractivity contribution in [3.63, 3.8) is 0 Å². The standard InChI is InChI=1S/C8H21N3O2S/c1-3-11(2)7-6-10-14(12,13)8-4-5-9/h10H,3-9H2,1-2H3. The second-order valence-corrected chi connectivity index (χ2v) is 5.18. The maximum atomic E-state index is 11.3. The number of nitrogens with zero attached hydrogens (tertiary/aromatic N) is 1. The van der Waals surface area contributed by atoms with Crippen molar-refractivity contribution in [3.05, 3.63) is 0 Å². The van der Waals surface area contributed by atoms with Gasteiger partial charge in [0.2, 0.25) is 10.0 Å². The quantitative estimate of drug-likeness (QED) is 0.565. The summed E-state index contributed by atoms with van der Waals surface area (Å²) in [7, 11) is -1.15. The minimum atomic E-state index is -3.10. The molecule has 0 rings (SSSR count). The number of rotatable bonds is 8. The highest BCUT2D eigenvalue weighted by Gasteiger charge is 2.08. The van der Waals surface area contributed by atoms with Crippen molar-refractivity contribution in [3.8, 4) is 0 Å². The molecule has 5 nitrogen and oxygen atoms in total. The lowest BCUT2D eigenvalue weighted by atomic mass is 10.5. The average Bonchev–Trinajstić information content (AvgIpc) is 2.14. The maximum Gasteiger partial charge on any atom is 0.211 e. The molecule has 0 aliphatic rings. The number of sulfonamides is 1. The van der Waals surface area contributed by atoms with E-state index in [1.54, 1.807) is 0 Å². The van der Waals surface area contributed by atoms with Gasteiger partial charge in [0.15, 0.2) is 0 Å². The minimum absolute atomic E-state index is 0.124. The molecule has 0 saturated carbocycles. The van der Waals surface area contributed by atoms with Crippen LogP contribution in [0.3, 0.4) is 0 Å². The smallest absolute Gasteiger partial charge is 0.211 e. The van der Waals surface area contributed by atoms with Gasteiger partial charge >= 0.3 is 0 Å². The molecule has 0 heterocycles. The molecular formula is C8H21N3O2S. The van der Waals surface area contributed by atoms with E-state index in [0.717, 1.165) is 13.1 Å². The molecule has 0 aromatic carbocycles. The van der Waals surface area contributed by atoms with E-state index in [4.69, 9.17) is 5.73 Å². The molecule has 14 heavy (non-hydrogen) atoms. The molecule has 0 aliphatic heterocycles. The zero-order chi connectivity index (χ0) is 11.0. The Labute approximate surface area is 86.7 Å². The fourth-order valence-corrected chi connectivity index (χ4v) is 1.99. The zero-order valence-corrected chi connectivity index (χ0v) is 9.81. The normalized spacial score (nSPS) is 12.3. The van der Waals surface area contributed by atoms with Crippen molar-refractivity contribution >= 4 is 10.0 Å². The Morgan fingerprint density at radius 3 is 2.57 bits per heavy atom. The molecule has 86 valence electrons. The van der Waals surface area contributed by atoms with E-state index < -0.39 is 10.0 Å². The molecule has 6 heteroatoms. The fraction of sp³-hybridized carbons (Fsp3) is 1.00. The Kier molecular flexibility index (Phi) is 7.08. The monoisotopic (exact) mass is 223 g/mol. The molecule has 0 radical (unpaired) electrons. The van der Waals surface area contributed by atoms with Crippen LogP contribution >= 0.6 is 0 Å². The number of likely N-dealkylation sites (N-methyl/N-ethyl adjacent to an activating group) is 1. The van der Waals surface area contributed by atoms with Gasteiger partial charge in [-0.2, -0.15) is 0 Å². The number of hydrogen-bond acceptors (Lipinski definition) is 4. The third-order valence-corrected chi connectivity index (χ3v) is 3.44. The summed E-state index contributed by atoms with van der Waals surface area (Å²) < 4.78 is 25.1. The second-order valence-electron chi connectivity index (χ2n) is 3.25. The Bertz CT molecular complexity index is 229. The summed E-state index contributed by atoms with van der Waals surface area (Å²) in [4.78, 5) is 2.05. The predicted molar refractivity (Wildman–Crippen MR) is 58.6 cm³/mol. The van der Waals surface area contributed by atoms with Gasteiger partial charge in [0.05, 0.1) is 5.75 Å². The molecule has 0 spiro atoms. The lowest BCUT2D eigenvalue weighted by Gasteiger charge is -2.13. The summed E-state index contributed by atoms with van der Waals surface area (Å²) >= 11 is 0. The van der Waals surface area contributed by atoms with Crippen molar-refractivity contribution < 1.29 is 8.42 Å². The SMILES string of the molecule is CCN(C)CCNS(=O)(=O)CCCN. The van der Waals surface area contributed by atoms with E-state index in [1.807, 2.05) is 18.9 Å². The van der Waals surface area contributed by atoms with Crippen LogP contribution in [0.4, 0.5) is 0 Å². The zero-order valence-electron chi connectivity index (χ0n) is 8.99. The van der Waals surface area contributed by atoms with Crippen LogP contribution in [0.25, 0.3) is 0 Å². The Hall–Kier alpha value is -0.170. The molecule has 0 atom stereocenters. The summed E-state index contributed by atoms with van der Waals surface area (Å²) in [6.45, 7) is 4.57. The average molecular weight is 223 g/mol. The molecule has 0 saturated heterocycles. The van der Waals surface area contributed by atoms with Crippen LogP contribution in [0.2, 0.25) is 0 Å². The molecule has 0 aliphatic carbocycles. The first-order valence-corrected chi connectivity index (χ1v) is 6.53. The van der Waals surface area contributed by atoms with E-state index in [2.05, 4.69) is 4.72 Å². The van der Waals surface area contributed by atoms with Crippen molar-refractivity contribution in [2.45, 2.75) is 13.3 Å². The molecular weight excluding hydrogens is 202 g/mol. The number of nitrogens with two attached hydrogens (primary N) is 1. The van der Waals surface area contributed by atoms with Crippen LogP contribution in [0.5, 0.6) is 0 Å². The predicted octanol–water partition coefficient (Wildman–Crippen LogP) is -0.794. The highest BCUT2D eigenvalue weighted by Crippen LogP contribution is 1.88. The van der Waals surface area contributed by atoms with Crippen LogP contribution in [-0.4, -0.2) is 52.3 Å². The first-order chi connectivity index (χ1) is 6.52. The van der Waals surface area contributed by atoms with Crippen LogP contribution < -0.4 is 10.5 Å². The van der Waals surface area contributed by atoms with Crippen molar-refractivity contribution in [1.82, 2.24) is 9.62 Å². The minimum Gasteiger partial charge on any atom is -0.330 e. The van der Waals surface area contributed by atoms with E-state index in [-0.39, 0.29) is 5.75 Å². The molecule has 0 fully saturated rings. The van der Waals surface area contributed by atoms with Gasteiger partial charge in [-0.05, 0) is 26.6 Å². The summed E-state index contributed by atoms with van der Waals surface area (Å²) in [5.41, 5.74) is 5.23. The van der Waals surface area contributed by atoms with Gasteiger partial charge in [0, 0.05) is 13.1 Å². The third-order valence-electron chi connectivity index (χ3n) is 1.97. The third kappa shape index (κ3) is 7.25. The van der Waals surface area contributed by atoms with Crippen LogP contribution in [0.15, 0.2) is 0 Å². The highest BCUT2D eigenvalue weighted by atomic mass is 32.2. The molecule has 0 amide bonds. The Morgan fingerprint density at radius 2 is 2.07 bits per heavy atom. The van der Waals surface area contributed by atoms with E-state index in [9.17, 15) is 8.42 Å². The first-order valence-electron chi connectivity index (χ1n) is 4.87. The topological polar surface area (TPSA) is 75.4 Å². The maximum absolute atomic E-state index is 11.3. The highest BCUT2D eigenvalue weighted by molar-refractivity contribution is 7.89. The van der Waals surface area contributed by atoms with E-state index in [1.165, 1.54) is 0 Å². The number of nitrogens with one attached hydrogen (secondary N) is 1. The van der Waals surface area contributed by atoms with Gasteiger partial charge in [0.1, 0.15) is 0 Å². The summed E-state index contributed by atoms with van der Waals surface area (Å²) in [6, 6.07) is 0. The summed E-state index contributed by atoms with van der Waals surface area (Å²) in [5.74, 6) is 0.124. The van der Waals surface area contributed by atoms with E-state index in [0.29, 0.717) is 19.5 Å². The van der Waals surface area contributed by atoms with Gasteiger partial charge in [0.25, 0.3) is 0 Å². The van der Waals surface area contributed by atoms with Gasteiger partial charge in [-0.3, -0.25) is 0 Å². The van der Waals surface area contributed by atoms with E-state index >= 15 is 0 Å². The van der Waals surface area contributed by atoms with Crippen molar-refractivity contribution in [2.75, 3.05) is 39.0 Å². The molecule has 3 N–H and O–H groups in total. The van der Waals surface area contributed by atoms with Crippen LogP contribution in [0, 0.1) is 0 Å². The molecule has 0 unspecified atom stereocenters. The van der Waals surface area contributed by atoms with Crippen molar-refractivity contribution in [1.29, 1.82) is 0 Å². The number of hydrogen-bond donors (Lipinski definition) is 2. The lowest BCUT2D eigenvalue weighted by Crippen LogP contribution is -2.34. The second kappa shape index (κ2) is 7.17. The van der Waals surface area contributed by atoms with Gasteiger partial charge < -0.3 is 10.6 Å². The molecule has 0 aromatic heterocycles. The van der Waals surface area contributed by atoms with Crippen molar-refractivity contribution in [2.24, 2.45) is 5.73 Å². The van der Waals surface area contributed by atoms with Crippen LogP contribution in [-0.2, 0) is 10.0 Å². The molecule has 0 bridgehead atoms. The van der Waals surface area contributed by atoms with Gasteiger partial charge in [-0.15, -0.1) is 0 Å². The largest absolute Gasteiger partial charge is 0.330 e.